The average molecular weight is 260 g/mol. The molecule has 0 aromatic heterocycles. The fourth-order valence-electron chi connectivity index (χ4n) is 3.52. The minimum Gasteiger partial charge on any atom is -0.388 e. The van der Waals surface area contributed by atoms with Crippen LogP contribution in [-0.4, -0.2) is 5.11 Å². The molecule has 1 aliphatic carbocycles. The van der Waals surface area contributed by atoms with Gasteiger partial charge in [-0.25, -0.2) is 0 Å². The Hall–Kier alpha value is -0.860. The summed E-state index contributed by atoms with van der Waals surface area (Å²) in [6.07, 6.45) is 3.24. The maximum absolute atomic E-state index is 10.6. The van der Waals surface area contributed by atoms with Crippen LogP contribution >= 0.6 is 0 Å². The van der Waals surface area contributed by atoms with Crippen LogP contribution in [0.4, 0.5) is 0 Å². The van der Waals surface area contributed by atoms with E-state index in [-0.39, 0.29) is 6.10 Å². The number of ether oxygens (including phenoxy) is 1. The third-order valence-corrected chi connectivity index (χ3v) is 5.17. The van der Waals surface area contributed by atoms with Crippen molar-refractivity contribution in [2.75, 3.05) is 0 Å². The second-order valence-electron chi connectivity index (χ2n) is 6.49. The van der Waals surface area contributed by atoms with E-state index in [1.54, 1.807) is 0 Å². The Morgan fingerprint density at radius 1 is 1.11 bits per heavy atom. The van der Waals surface area contributed by atoms with Gasteiger partial charge in [0.15, 0.2) is 0 Å². The van der Waals surface area contributed by atoms with Crippen molar-refractivity contribution < 1.29 is 9.84 Å². The van der Waals surface area contributed by atoms with Crippen LogP contribution in [0.25, 0.3) is 0 Å². The van der Waals surface area contributed by atoms with Crippen molar-refractivity contribution in [1.29, 1.82) is 0 Å². The average Bonchev–Trinajstić information content (AvgIpc) is 2.88. The smallest absolute Gasteiger partial charge is 0.0818 e. The first-order valence-corrected chi connectivity index (χ1v) is 7.52. The molecule has 2 aliphatic rings. The molecule has 2 nitrogen and oxygen atoms in total. The van der Waals surface area contributed by atoms with Gasteiger partial charge in [0, 0.05) is 0 Å². The van der Waals surface area contributed by atoms with Crippen molar-refractivity contribution in [3.8, 4) is 0 Å². The zero-order valence-electron chi connectivity index (χ0n) is 11.9. The van der Waals surface area contributed by atoms with Crippen molar-refractivity contribution in [2.45, 2.75) is 52.4 Å². The molecule has 0 saturated heterocycles. The highest BCUT2D eigenvalue weighted by molar-refractivity contribution is 5.34. The minimum atomic E-state index is -0.305. The van der Waals surface area contributed by atoms with Gasteiger partial charge in [-0.3, -0.25) is 0 Å². The number of hydrogen-bond donors (Lipinski definition) is 1. The fraction of sp³-hybridized carbons (Fsp3) is 0.647. The molecule has 1 aliphatic heterocycles. The van der Waals surface area contributed by atoms with E-state index in [4.69, 9.17) is 4.74 Å². The lowest BCUT2D eigenvalue weighted by atomic mass is 9.73. The van der Waals surface area contributed by atoms with Crippen LogP contribution < -0.4 is 0 Å². The van der Waals surface area contributed by atoms with Crippen LogP contribution in [0.2, 0.25) is 0 Å². The number of rotatable bonds is 2. The summed E-state index contributed by atoms with van der Waals surface area (Å²) < 4.78 is 5.44. The Balaban J connectivity index is 1.75. The fourth-order valence-corrected chi connectivity index (χ4v) is 3.52. The lowest BCUT2D eigenvalue weighted by molar-refractivity contribution is 0.0560. The van der Waals surface area contributed by atoms with Gasteiger partial charge in [-0.15, -0.1) is 0 Å². The first-order valence-electron chi connectivity index (χ1n) is 7.52. The monoisotopic (exact) mass is 260 g/mol. The summed E-state index contributed by atoms with van der Waals surface area (Å²) in [5, 5.41) is 10.6. The van der Waals surface area contributed by atoms with Gasteiger partial charge in [0.1, 0.15) is 0 Å². The van der Waals surface area contributed by atoms with Gasteiger partial charge < -0.3 is 9.84 Å². The molecule has 1 aromatic rings. The molecule has 1 N–H and O–H groups in total. The molecule has 0 bridgehead atoms. The van der Waals surface area contributed by atoms with E-state index in [1.165, 1.54) is 17.5 Å². The molecule has 19 heavy (non-hydrogen) atoms. The van der Waals surface area contributed by atoms with E-state index in [2.05, 4.69) is 32.0 Å². The number of hydrogen-bond acceptors (Lipinski definition) is 2. The Bertz CT molecular complexity index is 455. The molecule has 0 amide bonds. The molecule has 104 valence electrons. The molecular formula is C17H24O2. The minimum absolute atomic E-state index is 0.305. The van der Waals surface area contributed by atoms with Crippen molar-refractivity contribution in [3.63, 3.8) is 0 Å². The van der Waals surface area contributed by atoms with E-state index in [1.807, 2.05) is 0 Å². The van der Waals surface area contributed by atoms with Gasteiger partial charge in [-0.1, -0.05) is 38.5 Å². The van der Waals surface area contributed by atoms with E-state index < -0.39 is 0 Å². The molecule has 1 aromatic carbocycles. The molecule has 4 unspecified atom stereocenters. The number of aliphatic hydroxyl groups is 1. The second-order valence-corrected chi connectivity index (χ2v) is 6.49. The van der Waals surface area contributed by atoms with Gasteiger partial charge in [-0.05, 0) is 47.3 Å². The van der Waals surface area contributed by atoms with Crippen molar-refractivity contribution in [1.82, 2.24) is 0 Å². The summed E-state index contributed by atoms with van der Waals surface area (Å²) in [7, 11) is 0. The first-order chi connectivity index (χ1) is 9.15. The summed E-state index contributed by atoms with van der Waals surface area (Å²) in [5.74, 6) is 1.95. The van der Waals surface area contributed by atoms with E-state index >= 15 is 0 Å². The van der Waals surface area contributed by atoms with Crippen LogP contribution in [0.3, 0.4) is 0 Å². The maximum atomic E-state index is 10.6. The summed E-state index contributed by atoms with van der Waals surface area (Å²) in [4.78, 5) is 0. The van der Waals surface area contributed by atoms with Crippen molar-refractivity contribution in [3.05, 3.63) is 34.9 Å². The highest BCUT2D eigenvalue weighted by atomic mass is 16.5. The Labute approximate surface area is 115 Å². The number of fused-ring (bicyclic) bond motifs is 1. The first kappa shape index (κ1) is 13.1. The van der Waals surface area contributed by atoms with Gasteiger partial charge in [-0.2, -0.15) is 0 Å². The Morgan fingerprint density at radius 2 is 1.89 bits per heavy atom. The molecule has 0 spiro atoms. The maximum Gasteiger partial charge on any atom is 0.0818 e. The van der Waals surface area contributed by atoms with Crippen LogP contribution in [0.5, 0.6) is 0 Å². The molecule has 0 radical (unpaired) electrons. The Kier molecular flexibility index (Phi) is 3.64. The zero-order valence-corrected chi connectivity index (χ0v) is 11.9. The van der Waals surface area contributed by atoms with Crippen molar-refractivity contribution in [2.24, 2.45) is 17.8 Å². The largest absolute Gasteiger partial charge is 0.388 e. The predicted octanol–water partition coefficient (Wildman–Crippen LogP) is 3.82. The SMILES string of the molecule is CC1CCC(C(O)c2ccc3c(c2)COC3)CC1C. The van der Waals surface area contributed by atoms with Gasteiger partial charge in [0.05, 0.1) is 19.3 Å². The standard InChI is InChI=1S/C17H24O2/c1-11-3-4-13(7-12(11)2)17(18)14-5-6-15-9-19-10-16(15)8-14/h5-6,8,11-13,17-18H,3-4,7,9-10H2,1-2H3. The van der Waals surface area contributed by atoms with Crippen LogP contribution in [0.15, 0.2) is 18.2 Å². The molecule has 1 saturated carbocycles. The predicted molar refractivity (Wildman–Crippen MR) is 75.6 cm³/mol. The molecule has 1 heterocycles. The third-order valence-electron chi connectivity index (χ3n) is 5.17. The van der Waals surface area contributed by atoms with Gasteiger partial charge >= 0.3 is 0 Å². The van der Waals surface area contributed by atoms with Crippen LogP contribution in [0, 0.1) is 17.8 Å². The topological polar surface area (TPSA) is 29.5 Å². The number of benzene rings is 1. The quantitative estimate of drug-likeness (QED) is 0.876. The van der Waals surface area contributed by atoms with E-state index in [9.17, 15) is 5.11 Å². The highest BCUT2D eigenvalue weighted by Gasteiger charge is 2.30. The van der Waals surface area contributed by atoms with Crippen LogP contribution in [-0.2, 0) is 18.0 Å². The van der Waals surface area contributed by atoms with Gasteiger partial charge in [0.25, 0.3) is 0 Å². The molecule has 4 atom stereocenters. The van der Waals surface area contributed by atoms with Crippen LogP contribution in [0.1, 0.15) is 55.9 Å². The summed E-state index contributed by atoms with van der Waals surface area (Å²) in [6.45, 7) is 6.08. The van der Waals surface area contributed by atoms with Crippen molar-refractivity contribution >= 4 is 0 Å². The summed E-state index contributed by atoms with van der Waals surface area (Å²) in [5.41, 5.74) is 3.62. The third kappa shape index (κ3) is 2.56. The number of aliphatic hydroxyl groups excluding tert-OH is 1. The zero-order chi connectivity index (χ0) is 13.4. The molecule has 1 fully saturated rings. The molecule has 3 rings (SSSR count). The summed E-state index contributed by atoms with van der Waals surface area (Å²) in [6, 6.07) is 6.35. The highest BCUT2D eigenvalue weighted by Crippen LogP contribution is 2.40. The van der Waals surface area contributed by atoms with Gasteiger partial charge in [0.2, 0.25) is 0 Å². The second kappa shape index (κ2) is 5.26. The normalized spacial score (nSPS) is 32.1. The molecular weight excluding hydrogens is 236 g/mol. The van der Waals surface area contributed by atoms with E-state index in [0.29, 0.717) is 12.5 Å². The molecule has 2 heteroatoms. The van der Waals surface area contributed by atoms with E-state index in [0.717, 1.165) is 36.8 Å². The lowest BCUT2D eigenvalue weighted by Crippen LogP contribution is -2.25. The summed E-state index contributed by atoms with van der Waals surface area (Å²) >= 11 is 0. The Morgan fingerprint density at radius 3 is 2.68 bits per heavy atom. The lowest BCUT2D eigenvalue weighted by Gasteiger charge is -2.34.